The highest BCUT2D eigenvalue weighted by molar-refractivity contribution is 5.55. The highest BCUT2D eigenvalue weighted by atomic mass is 16.6. The molecule has 2 heterocycles. The number of ether oxygens (including phenoxy) is 2. The molecule has 0 bridgehead atoms. The summed E-state index contributed by atoms with van der Waals surface area (Å²) in [4.78, 5) is 0. The average molecular weight is 273 g/mol. The van der Waals surface area contributed by atoms with Crippen LogP contribution in [0.3, 0.4) is 0 Å². The third kappa shape index (κ3) is 2.71. The zero-order chi connectivity index (χ0) is 13.8. The van der Waals surface area contributed by atoms with Gasteiger partial charge in [-0.05, 0) is 24.6 Å². The van der Waals surface area contributed by atoms with Gasteiger partial charge in [0.1, 0.15) is 13.2 Å². The molecular weight excluding hydrogens is 254 g/mol. The fourth-order valence-corrected chi connectivity index (χ4v) is 2.27. The van der Waals surface area contributed by atoms with Crippen molar-refractivity contribution in [1.82, 2.24) is 9.78 Å². The van der Waals surface area contributed by atoms with Crippen LogP contribution in [-0.4, -0.2) is 23.0 Å². The largest absolute Gasteiger partial charge is 0.486 e. The number of anilines is 1. The van der Waals surface area contributed by atoms with E-state index in [4.69, 9.17) is 9.47 Å². The lowest BCUT2D eigenvalue weighted by molar-refractivity contribution is 0.171. The van der Waals surface area contributed by atoms with Gasteiger partial charge in [0.05, 0.1) is 12.2 Å². The summed E-state index contributed by atoms with van der Waals surface area (Å²) in [5.41, 5.74) is 2.21. The van der Waals surface area contributed by atoms with Crippen molar-refractivity contribution in [3.05, 3.63) is 36.2 Å². The first kappa shape index (κ1) is 12.8. The average Bonchev–Trinajstić information content (AvgIpc) is 2.93. The molecular formula is C15H19N3O2. The molecule has 0 unspecified atom stereocenters. The molecule has 1 aliphatic heterocycles. The molecule has 106 valence electrons. The van der Waals surface area contributed by atoms with Crippen LogP contribution in [0, 0.1) is 0 Å². The van der Waals surface area contributed by atoms with E-state index in [1.165, 1.54) is 5.69 Å². The molecule has 1 N–H and O–H groups in total. The minimum absolute atomic E-state index is 0.611. The number of rotatable bonds is 5. The topological polar surface area (TPSA) is 48.3 Å². The van der Waals surface area contributed by atoms with E-state index in [2.05, 4.69) is 17.3 Å². The smallest absolute Gasteiger partial charge is 0.163 e. The quantitative estimate of drug-likeness (QED) is 0.910. The highest BCUT2D eigenvalue weighted by Gasteiger charge is 2.11. The molecule has 0 spiro atoms. The van der Waals surface area contributed by atoms with Crippen LogP contribution >= 0.6 is 0 Å². The number of benzene rings is 1. The Balaban J connectivity index is 1.67. The van der Waals surface area contributed by atoms with Gasteiger partial charge in [0, 0.05) is 24.5 Å². The van der Waals surface area contributed by atoms with Gasteiger partial charge >= 0.3 is 0 Å². The Morgan fingerprint density at radius 3 is 2.90 bits per heavy atom. The summed E-state index contributed by atoms with van der Waals surface area (Å²) in [6.45, 7) is 5.08. The van der Waals surface area contributed by atoms with E-state index in [-0.39, 0.29) is 0 Å². The molecule has 1 aliphatic rings. The summed E-state index contributed by atoms with van der Waals surface area (Å²) in [6.07, 6.45) is 2.93. The van der Waals surface area contributed by atoms with Crippen molar-refractivity contribution in [1.29, 1.82) is 0 Å². The Hall–Kier alpha value is -2.17. The summed E-state index contributed by atoms with van der Waals surface area (Å²) in [6, 6.07) is 7.98. The number of hydrogen-bond donors (Lipinski definition) is 1. The van der Waals surface area contributed by atoms with Crippen molar-refractivity contribution in [2.24, 2.45) is 0 Å². The van der Waals surface area contributed by atoms with Crippen molar-refractivity contribution in [2.45, 2.75) is 26.4 Å². The summed E-state index contributed by atoms with van der Waals surface area (Å²) in [7, 11) is 0. The summed E-state index contributed by atoms with van der Waals surface area (Å²) in [5.74, 6) is 1.63. The number of nitrogens with one attached hydrogen (secondary N) is 1. The third-order valence-corrected chi connectivity index (χ3v) is 3.26. The maximum absolute atomic E-state index is 5.58. The van der Waals surface area contributed by atoms with E-state index >= 15 is 0 Å². The predicted octanol–water partition coefficient (Wildman–Crippen LogP) is 2.68. The maximum atomic E-state index is 5.58. The van der Waals surface area contributed by atoms with Crippen molar-refractivity contribution >= 4 is 5.69 Å². The summed E-state index contributed by atoms with van der Waals surface area (Å²) in [5, 5.41) is 7.72. The molecule has 0 aliphatic carbocycles. The van der Waals surface area contributed by atoms with E-state index in [1.54, 1.807) is 0 Å². The van der Waals surface area contributed by atoms with Crippen LogP contribution in [-0.2, 0) is 13.1 Å². The zero-order valence-electron chi connectivity index (χ0n) is 11.6. The second-order valence-electron chi connectivity index (χ2n) is 4.76. The second-order valence-corrected chi connectivity index (χ2v) is 4.76. The van der Waals surface area contributed by atoms with Gasteiger partial charge < -0.3 is 14.8 Å². The zero-order valence-corrected chi connectivity index (χ0v) is 11.6. The number of aryl methyl sites for hydroxylation is 1. The summed E-state index contributed by atoms with van der Waals surface area (Å²) < 4.78 is 13.1. The lowest BCUT2D eigenvalue weighted by Gasteiger charge is -2.19. The Bertz CT molecular complexity index is 580. The van der Waals surface area contributed by atoms with Gasteiger partial charge in [-0.3, -0.25) is 4.68 Å². The van der Waals surface area contributed by atoms with E-state index in [0.717, 1.165) is 36.7 Å². The van der Waals surface area contributed by atoms with Crippen LogP contribution < -0.4 is 14.8 Å². The lowest BCUT2D eigenvalue weighted by Crippen LogP contribution is -2.15. The number of aromatic nitrogens is 2. The molecule has 5 heteroatoms. The number of fused-ring (bicyclic) bond motifs is 1. The van der Waals surface area contributed by atoms with Crippen molar-refractivity contribution in [2.75, 3.05) is 18.5 Å². The molecule has 2 aromatic rings. The Kier molecular flexibility index (Phi) is 3.76. The molecule has 3 rings (SSSR count). The molecule has 5 nitrogen and oxygen atoms in total. The lowest BCUT2D eigenvalue weighted by atomic mass is 10.2. The van der Waals surface area contributed by atoms with Crippen molar-refractivity contribution < 1.29 is 9.47 Å². The Morgan fingerprint density at radius 2 is 2.05 bits per heavy atom. The fraction of sp³-hybridized carbons (Fsp3) is 0.400. The van der Waals surface area contributed by atoms with Gasteiger partial charge in [-0.25, -0.2) is 0 Å². The normalized spacial score (nSPS) is 13.2. The Labute approximate surface area is 118 Å². The highest BCUT2D eigenvalue weighted by Crippen LogP contribution is 2.32. The van der Waals surface area contributed by atoms with Gasteiger partial charge in [0.2, 0.25) is 0 Å². The minimum atomic E-state index is 0.611. The van der Waals surface area contributed by atoms with Crippen LogP contribution in [0.5, 0.6) is 11.5 Å². The SMILES string of the molecule is CCCn1nccc1CNc1ccc2c(c1)OCCO2. The minimum Gasteiger partial charge on any atom is -0.486 e. The Morgan fingerprint density at radius 1 is 1.20 bits per heavy atom. The van der Waals surface area contributed by atoms with Crippen molar-refractivity contribution in [3.63, 3.8) is 0 Å². The first-order chi connectivity index (χ1) is 9.86. The van der Waals surface area contributed by atoms with Gasteiger partial charge in [0.25, 0.3) is 0 Å². The molecule has 0 fully saturated rings. The maximum Gasteiger partial charge on any atom is 0.163 e. The summed E-state index contributed by atoms with van der Waals surface area (Å²) >= 11 is 0. The second kappa shape index (κ2) is 5.86. The van der Waals surface area contributed by atoms with Crippen molar-refractivity contribution in [3.8, 4) is 11.5 Å². The molecule has 0 amide bonds. The van der Waals surface area contributed by atoms with Crippen LogP contribution in [0.4, 0.5) is 5.69 Å². The number of hydrogen-bond acceptors (Lipinski definition) is 4. The van der Waals surface area contributed by atoms with Gasteiger partial charge in [-0.15, -0.1) is 0 Å². The van der Waals surface area contributed by atoms with E-state index < -0.39 is 0 Å². The molecule has 0 saturated carbocycles. The van der Waals surface area contributed by atoms with Crippen LogP contribution in [0.1, 0.15) is 19.0 Å². The predicted molar refractivity (Wildman–Crippen MR) is 77.3 cm³/mol. The standard InChI is InChI=1S/C15H19N3O2/c1-2-7-18-13(5-6-17-18)11-16-12-3-4-14-15(10-12)20-9-8-19-14/h3-6,10,16H,2,7-9,11H2,1H3. The molecule has 0 saturated heterocycles. The molecule has 0 atom stereocenters. The van der Waals surface area contributed by atoms with Crippen LogP contribution in [0.25, 0.3) is 0 Å². The van der Waals surface area contributed by atoms with Crippen LogP contribution in [0.15, 0.2) is 30.5 Å². The first-order valence-corrected chi connectivity index (χ1v) is 7.01. The first-order valence-electron chi connectivity index (χ1n) is 7.01. The number of nitrogens with zero attached hydrogens (tertiary/aromatic N) is 2. The van der Waals surface area contributed by atoms with Crippen LogP contribution in [0.2, 0.25) is 0 Å². The van der Waals surface area contributed by atoms with E-state index in [1.807, 2.05) is 35.1 Å². The van der Waals surface area contributed by atoms with E-state index in [0.29, 0.717) is 13.2 Å². The van der Waals surface area contributed by atoms with E-state index in [9.17, 15) is 0 Å². The van der Waals surface area contributed by atoms with Gasteiger partial charge in [0.15, 0.2) is 11.5 Å². The monoisotopic (exact) mass is 273 g/mol. The van der Waals surface area contributed by atoms with Gasteiger partial charge in [-0.2, -0.15) is 5.10 Å². The molecule has 20 heavy (non-hydrogen) atoms. The molecule has 1 aromatic carbocycles. The third-order valence-electron chi connectivity index (χ3n) is 3.26. The fourth-order valence-electron chi connectivity index (χ4n) is 2.27. The molecule has 0 radical (unpaired) electrons. The molecule has 1 aromatic heterocycles. The van der Waals surface area contributed by atoms with Gasteiger partial charge in [-0.1, -0.05) is 6.92 Å².